The van der Waals surface area contributed by atoms with Gasteiger partial charge in [0.2, 0.25) is 0 Å². The van der Waals surface area contributed by atoms with Crippen LogP contribution in [-0.4, -0.2) is 52.0 Å². The van der Waals surface area contributed by atoms with Gasteiger partial charge in [0, 0.05) is 43.7 Å². The molecule has 1 N–H and O–H groups in total. The normalized spacial score (nSPS) is 17.6. The van der Waals surface area contributed by atoms with Gasteiger partial charge < -0.3 is 5.11 Å². The second-order valence-electron chi connectivity index (χ2n) is 6.39. The first-order valence-corrected chi connectivity index (χ1v) is 9.19. The van der Waals surface area contributed by atoms with Crippen molar-refractivity contribution in [2.75, 3.05) is 26.2 Å². The van der Waals surface area contributed by atoms with E-state index >= 15 is 0 Å². The van der Waals surface area contributed by atoms with Crippen LogP contribution in [0, 0.1) is 19.7 Å². The maximum Gasteiger partial charge on any atom is 0.325 e. The topological polar surface area (TPSA) is 56.7 Å². The van der Waals surface area contributed by atoms with Gasteiger partial charge in [-0.2, -0.15) is 0 Å². The van der Waals surface area contributed by atoms with Gasteiger partial charge in [0.25, 0.3) is 0 Å². The predicted octanol–water partition coefficient (Wildman–Crippen LogP) is 2.84. The standard InChI is InChI=1S/C18H22FN3O2S/c1-12-4-3-5-15(16(12)19)17(18(23)24)22-8-6-21(7-9-22)10-14-11-25-13(2)20-14/h3-5,11,17H,6-10H2,1-2H3,(H,23,24). The molecule has 0 radical (unpaired) electrons. The van der Waals surface area contributed by atoms with Gasteiger partial charge in [-0.15, -0.1) is 11.3 Å². The number of nitrogens with zero attached hydrogens (tertiary/aromatic N) is 3. The van der Waals surface area contributed by atoms with Gasteiger partial charge >= 0.3 is 5.97 Å². The first kappa shape index (κ1) is 18.0. The summed E-state index contributed by atoms with van der Waals surface area (Å²) in [5.41, 5.74) is 1.77. The maximum atomic E-state index is 14.4. The van der Waals surface area contributed by atoms with E-state index in [2.05, 4.69) is 15.3 Å². The molecule has 1 atom stereocenters. The zero-order valence-corrected chi connectivity index (χ0v) is 15.2. The number of aromatic nitrogens is 1. The number of rotatable bonds is 5. The molecule has 1 aromatic carbocycles. The van der Waals surface area contributed by atoms with Gasteiger partial charge in [0.05, 0.1) is 10.7 Å². The predicted molar refractivity (Wildman–Crippen MR) is 95.2 cm³/mol. The number of carboxylic acid groups (broad SMARTS) is 1. The monoisotopic (exact) mass is 363 g/mol. The smallest absolute Gasteiger partial charge is 0.325 e. The molecule has 0 aliphatic carbocycles. The van der Waals surface area contributed by atoms with Gasteiger partial charge in [0.1, 0.15) is 11.9 Å². The SMILES string of the molecule is Cc1nc(CN2CCN(C(C(=O)O)c3cccc(C)c3F)CC2)cs1. The molecule has 1 saturated heterocycles. The number of carbonyl (C=O) groups is 1. The second kappa shape index (κ2) is 7.59. The number of halogens is 1. The molecule has 0 bridgehead atoms. The van der Waals surface area contributed by atoms with E-state index in [-0.39, 0.29) is 5.56 Å². The quantitative estimate of drug-likeness (QED) is 0.885. The molecule has 1 fully saturated rings. The summed E-state index contributed by atoms with van der Waals surface area (Å²) in [6, 6.07) is 4.00. The van der Waals surface area contributed by atoms with E-state index in [1.807, 2.05) is 11.8 Å². The fourth-order valence-corrected chi connectivity index (χ4v) is 3.86. The van der Waals surface area contributed by atoms with Gasteiger partial charge in [0.15, 0.2) is 0 Å². The number of thiazole rings is 1. The molecule has 2 heterocycles. The Kier molecular flexibility index (Phi) is 5.46. The highest BCUT2D eigenvalue weighted by Crippen LogP contribution is 2.27. The third-order valence-electron chi connectivity index (χ3n) is 4.57. The molecule has 1 aromatic heterocycles. The molecule has 7 heteroatoms. The van der Waals surface area contributed by atoms with E-state index in [1.165, 1.54) is 0 Å². The minimum absolute atomic E-state index is 0.246. The van der Waals surface area contributed by atoms with Crippen LogP contribution in [0.15, 0.2) is 23.6 Å². The number of piperazine rings is 1. The van der Waals surface area contributed by atoms with Crippen LogP contribution in [-0.2, 0) is 11.3 Å². The summed E-state index contributed by atoms with van der Waals surface area (Å²) in [5, 5.41) is 12.8. The lowest BCUT2D eigenvalue weighted by Gasteiger charge is -2.37. The van der Waals surface area contributed by atoms with Crippen molar-refractivity contribution in [1.82, 2.24) is 14.8 Å². The van der Waals surface area contributed by atoms with Crippen LogP contribution in [0.1, 0.15) is 27.9 Å². The Morgan fingerprint density at radius 3 is 2.64 bits per heavy atom. The van der Waals surface area contributed by atoms with Crippen molar-refractivity contribution in [2.45, 2.75) is 26.4 Å². The summed E-state index contributed by atoms with van der Waals surface area (Å²) >= 11 is 1.63. The fourth-order valence-electron chi connectivity index (χ4n) is 3.26. The average molecular weight is 363 g/mol. The van der Waals surface area contributed by atoms with Crippen LogP contribution in [0.5, 0.6) is 0 Å². The van der Waals surface area contributed by atoms with Gasteiger partial charge in [-0.25, -0.2) is 9.37 Å². The highest BCUT2D eigenvalue weighted by molar-refractivity contribution is 7.09. The summed E-state index contributed by atoms with van der Waals surface area (Å²) in [6.07, 6.45) is 0. The summed E-state index contributed by atoms with van der Waals surface area (Å²) in [7, 11) is 0. The van der Waals surface area contributed by atoms with Crippen molar-refractivity contribution in [3.63, 3.8) is 0 Å². The number of aryl methyl sites for hydroxylation is 2. The summed E-state index contributed by atoms with van der Waals surface area (Å²) in [4.78, 5) is 20.4. The summed E-state index contributed by atoms with van der Waals surface area (Å²) in [5.74, 6) is -1.43. The molecular formula is C18H22FN3O2S. The summed E-state index contributed by atoms with van der Waals surface area (Å²) < 4.78 is 14.4. The highest BCUT2D eigenvalue weighted by atomic mass is 32.1. The maximum absolute atomic E-state index is 14.4. The Morgan fingerprint density at radius 2 is 2.04 bits per heavy atom. The van der Waals surface area contributed by atoms with Crippen LogP contribution in [0.2, 0.25) is 0 Å². The molecule has 0 amide bonds. The molecular weight excluding hydrogens is 341 g/mol. The third-order valence-corrected chi connectivity index (χ3v) is 5.40. The molecule has 1 unspecified atom stereocenters. The zero-order valence-electron chi connectivity index (χ0n) is 14.4. The van der Waals surface area contributed by atoms with E-state index in [4.69, 9.17) is 0 Å². The van der Waals surface area contributed by atoms with E-state index in [0.717, 1.165) is 30.3 Å². The molecule has 5 nitrogen and oxygen atoms in total. The Bertz CT molecular complexity index is 757. The molecule has 1 aliphatic rings. The van der Waals surface area contributed by atoms with E-state index in [0.29, 0.717) is 18.7 Å². The Morgan fingerprint density at radius 1 is 1.32 bits per heavy atom. The second-order valence-corrected chi connectivity index (χ2v) is 7.45. The Labute approximate surface area is 150 Å². The molecule has 0 saturated carbocycles. The lowest BCUT2D eigenvalue weighted by atomic mass is 10.0. The van der Waals surface area contributed by atoms with Gasteiger partial charge in [-0.05, 0) is 19.4 Å². The summed E-state index contributed by atoms with van der Waals surface area (Å²) in [6.45, 7) is 7.09. The third kappa shape index (κ3) is 4.05. The first-order chi connectivity index (χ1) is 12.0. The highest BCUT2D eigenvalue weighted by Gasteiger charge is 2.32. The van der Waals surface area contributed by atoms with Crippen molar-refractivity contribution in [1.29, 1.82) is 0 Å². The van der Waals surface area contributed by atoms with Crippen LogP contribution in [0.4, 0.5) is 4.39 Å². The van der Waals surface area contributed by atoms with Crippen molar-refractivity contribution in [3.8, 4) is 0 Å². The first-order valence-electron chi connectivity index (χ1n) is 8.31. The van der Waals surface area contributed by atoms with Crippen molar-refractivity contribution >= 4 is 17.3 Å². The lowest BCUT2D eigenvalue weighted by molar-refractivity contribution is -0.144. The zero-order chi connectivity index (χ0) is 18.0. The molecule has 2 aromatic rings. The lowest BCUT2D eigenvalue weighted by Crippen LogP contribution is -2.49. The number of carboxylic acids is 1. The molecule has 3 rings (SSSR count). The Hall–Kier alpha value is -1.83. The molecule has 1 aliphatic heterocycles. The van der Waals surface area contributed by atoms with Crippen LogP contribution < -0.4 is 0 Å². The van der Waals surface area contributed by atoms with Crippen molar-refractivity contribution < 1.29 is 14.3 Å². The molecule has 134 valence electrons. The van der Waals surface area contributed by atoms with E-state index in [9.17, 15) is 14.3 Å². The van der Waals surface area contributed by atoms with Crippen LogP contribution >= 0.6 is 11.3 Å². The minimum atomic E-state index is -1.01. The molecule has 0 spiro atoms. The Balaban J connectivity index is 1.69. The number of hydrogen-bond acceptors (Lipinski definition) is 5. The number of aliphatic carboxylic acids is 1. The van der Waals surface area contributed by atoms with Gasteiger partial charge in [-0.3, -0.25) is 14.6 Å². The minimum Gasteiger partial charge on any atom is -0.480 e. The van der Waals surface area contributed by atoms with Gasteiger partial charge in [-0.1, -0.05) is 18.2 Å². The van der Waals surface area contributed by atoms with E-state index in [1.54, 1.807) is 36.5 Å². The van der Waals surface area contributed by atoms with E-state index < -0.39 is 17.8 Å². The van der Waals surface area contributed by atoms with Crippen molar-refractivity contribution in [2.24, 2.45) is 0 Å². The van der Waals surface area contributed by atoms with Crippen LogP contribution in [0.25, 0.3) is 0 Å². The largest absolute Gasteiger partial charge is 0.480 e. The van der Waals surface area contributed by atoms with Crippen LogP contribution in [0.3, 0.4) is 0 Å². The number of hydrogen-bond donors (Lipinski definition) is 1. The fraction of sp³-hybridized carbons (Fsp3) is 0.444. The average Bonchev–Trinajstić information content (AvgIpc) is 2.98. The molecule has 25 heavy (non-hydrogen) atoms. The van der Waals surface area contributed by atoms with Crippen molar-refractivity contribution in [3.05, 3.63) is 51.2 Å². The number of benzene rings is 1.